The van der Waals surface area contributed by atoms with E-state index < -0.39 is 17.3 Å². The van der Waals surface area contributed by atoms with Gasteiger partial charge in [-0.15, -0.1) is 0 Å². The van der Waals surface area contributed by atoms with Gasteiger partial charge in [-0.2, -0.15) is 0 Å². The number of carbonyl (C=O) groups excluding carboxylic acids is 1. The Hall–Kier alpha value is -2.18. The van der Waals surface area contributed by atoms with E-state index in [1.807, 2.05) is 0 Å². The number of nitrogen functional groups attached to an aromatic ring is 1. The number of carbonyl (C=O) groups is 2. The van der Waals surface area contributed by atoms with E-state index in [-0.39, 0.29) is 18.1 Å². The molecule has 1 aromatic heterocycles. The normalized spacial score (nSPS) is 16.2. The van der Waals surface area contributed by atoms with Gasteiger partial charge in [0, 0.05) is 18.9 Å². The molecule has 1 aliphatic rings. The Kier molecular flexibility index (Phi) is 2.66. The van der Waals surface area contributed by atoms with Gasteiger partial charge in [0.2, 0.25) is 0 Å². The minimum Gasteiger partial charge on any atom is -0.481 e. The standard InChI is InChI=1S/C10H12N4O3/c11-7-6(12-3-4-13-7)8(15)14-5-10(1-2-10)9(16)17/h3-4H,1-2,5H2,(H2,11,13)(H,14,15)(H,16,17). The third-order valence-corrected chi connectivity index (χ3v) is 2.84. The monoisotopic (exact) mass is 236 g/mol. The highest BCUT2D eigenvalue weighted by molar-refractivity contribution is 5.96. The van der Waals surface area contributed by atoms with Crippen LogP contribution in [0.15, 0.2) is 12.4 Å². The van der Waals surface area contributed by atoms with Crippen molar-refractivity contribution >= 4 is 17.7 Å². The zero-order chi connectivity index (χ0) is 12.5. The van der Waals surface area contributed by atoms with Crippen molar-refractivity contribution in [2.75, 3.05) is 12.3 Å². The number of hydrogen-bond donors (Lipinski definition) is 3. The average molecular weight is 236 g/mol. The fraction of sp³-hybridized carbons (Fsp3) is 0.400. The zero-order valence-electron chi connectivity index (χ0n) is 9.01. The summed E-state index contributed by atoms with van der Waals surface area (Å²) in [6.07, 6.45) is 3.90. The van der Waals surface area contributed by atoms with E-state index in [0.29, 0.717) is 12.8 Å². The molecule has 1 heterocycles. The molecule has 1 aromatic rings. The smallest absolute Gasteiger partial charge is 0.311 e. The molecule has 90 valence electrons. The predicted octanol–water partition coefficient (Wildman–Crippen LogP) is -0.347. The van der Waals surface area contributed by atoms with Gasteiger partial charge in [-0.05, 0) is 12.8 Å². The minimum atomic E-state index is -0.884. The van der Waals surface area contributed by atoms with Crippen LogP contribution in [0, 0.1) is 5.41 Å². The van der Waals surface area contributed by atoms with Crippen molar-refractivity contribution in [3.05, 3.63) is 18.1 Å². The first-order valence-electron chi connectivity index (χ1n) is 5.13. The van der Waals surface area contributed by atoms with Crippen LogP contribution in [0.2, 0.25) is 0 Å². The summed E-state index contributed by atoms with van der Waals surface area (Å²) in [6.45, 7) is 0.0944. The predicted molar refractivity (Wildman–Crippen MR) is 58.1 cm³/mol. The van der Waals surface area contributed by atoms with Crippen LogP contribution < -0.4 is 11.1 Å². The van der Waals surface area contributed by atoms with Gasteiger partial charge in [-0.3, -0.25) is 9.59 Å². The van der Waals surface area contributed by atoms with E-state index in [1.54, 1.807) is 0 Å². The van der Waals surface area contributed by atoms with Crippen molar-refractivity contribution in [3.63, 3.8) is 0 Å². The molecule has 0 unspecified atom stereocenters. The van der Waals surface area contributed by atoms with Gasteiger partial charge >= 0.3 is 5.97 Å². The Morgan fingerprint density at radius 3 is 2.59 bits per heavy atom. The summed E-state index contributed by atoms with van der Waals surface area (Å²) >= 11 is 0. The summed E-state index contributed by atoms with van der Waals surface area (Å²) in [6, 6.07) is 0. The molecular weight excluding hydrogens is 224 g/mol. The third kappa shape index (κ3) is 2.17. The summed E-state index contributed by atoms with van der Waals surface area (Å²) in [5, 5.41) is 11.5. The van der Waals surface area contributed by atoms with Crippen LogP contribution in [0.1, 0.15) is 23.3 Å². The molecule has 0 aromatic carbocycles. The van der Waals surface area contributed by atoms with E-state index in [1.165, 1.54) is 12.4 Å². The Balaban J connectivity index is 1.99. The van der Waals surface area contributed by atoms with E-state index >= 15 is 0 Å². The Morgan fingerprint density at radius 2 is 2.06 bits per heavy atom. The second kappa shape index (κ2) is 4.00. The van der Waals surface area contributed by atoms with Crippen molar-refractivity contribution in [1.29, 1.82) is 0 Å². The molecule has 0 atom stereocenters. The molecule has 1 saturated carbocycles. The summed E-state index contributed by atoms with van der Waals surface area (Å²) in [5.41, 5.74) is 4.71. The quantitative estimate of drug-likeness (QED) is 0.657. The van der Waals surface area contributed by atoms with Gasteiger partial charge in [0.15, 0.2) is 11.5 Å². The van der Waals surface area contributed by atoms with Gasteiger partial charge in [0.05, 0.1) is 5.41 Å². The second-order valence-electron chi connectivity index (χ2n) is 4.06. The van der Waals surface area contributed by atoms with Gasteiger partial charge < -0.3 is 16.2 Å². The lowest BCUT2D eigenvalue weighted by Gasteiger charge is -2.11. The number of rotatable bonds is 4. The van der Waals surface area contributed by atoms with Gasteiger partial charge in [-0.1, -0.05) is 0 Å². The van der Waals surface area contributed by atoms with Crippen molar-refractivity contribution < 1.29 is 14.7 Å². The van der Waals surface area contributed by atoms with E-state index in [4.69, 9.17) is 10.8 Å². The highest BCUT2D eigenvalue weighted by atomic mass is 16.4. The number of carboxylic acids is 1. The Morgan fingerprint density at radius 1 is 1.41 bits per heavy atom. The molecule has 0 spiro atoms. The molecule has 7 nitrogen and oxygen atoms in total. The van der Waals surface area contributed by atoms with Crippen LogP contribution >= 0.6 is 0 Å². The first-order chi connectivity index (χ1) is 8.05. The van der Waals surface area contributed by atoms with Gasteiger partial charge in [0.25, 0.3) is 5.91 Å². The van der Waals surface area contributed by atoms with Crippen LogP contribution in [-0.4, -0.2) is 33.5 Å². The Labute approximate surface area is 97.1 Å². The number of amides is 1. The molecule has 0 aliphatic heterocycles. The van der Waals surface area contributed by atoms with Crippen molar-refractivity contribution in [1.82, 2.24) is 15.3 Å². The van der Waals surface area contributed by atoms with Crippen molar-refractivity contribution in [2.24, 2.45) is 5.41 Å². The lowest BCUT2D eigenvalue weighted by molar-refractivity contribution is -0.143. The molecule has 7 heteroatoms. The summed E-state index contributed by atoms with van der Waals surface area (Å²) in [4.78, 5) is 30.1. The van der Waals surface area contributed by atoms with Crippen LogP contribution in [0.4, 0.5) is 5.82 Å². The molecule has 4 N–H and O–H groups in total. The molecule has 0 radical (unpaired) electrons. The Bertz CT molecular complexity index is 470. The number of carboxylic acid groups (broad SMARTS) is 1. The van der Waals surface area contributed by atoms with Gasteiger partial charge in [0.1, 0.15) is 0 Å². The van der Waals surface area contributed by atoms with E-state index in [2.05, 4.69) is 15.3 Å². The lowest BCUT2D eigenvalue weighted by atomic mass is 10.1. The summed E-state index contributed by atoms with van der Waals surface area (Å²) < 4.78 is 0. The molecule has 17 heavy (non-hydrogen) atoms. The molecule has 0 bridgehead atoms. The average Bonchev–Trinajstić information content (AvgIpc) is 3.07. The number of hydrogen-bond acceptors (Lipinski definition) is 5. The lowest BCUT2D eigenvalue weighted by Crippen LogP contribution is -2.35. The maximum Gasteiger partial charge on any atom is 0.311 e. The largest absolute Gasteiger partial charge is 0.481 e. The minimum absolute atomic E-state index is 0.0219. The molecule has 0 saturated heterocycles. The van der Waals surface area contributed by atoms with Crippen LogP contribution in [-0.2, 0) is 4.79 Å². The summed E-state index contributed by atoms with van der Waals surface area (Å²) in [5.74, 6) is -1.35. The van der Waals surface area contributed by atoms with Crippen LogP contribution in [0.25, 0.3) is 0 Å². The fourth-order valence-corrected chi connectivity index (χ4v) is 1.47. The fourth-order valence-electron chi connectivity index (χ4n) is 1.47. The molecular formula is C10H12N4O3. The topological polar surface area (TPSA) is 118 Å². The number of aromatic nitrogens is 2. The van der Waals surface area contributed by atoms with E-state index in [0.717, 1.165) is 0 Å². The molecule has 1 fully saturated rings. The van der Waals surface area contributed by atoms with Crippen LogP contribution in [0.5, 0.6) is 0 Å². The van der Waals surface area contributed by atoms with Crippen LogP contribution in [0.3, 0.4) is 0 Å². The van der Waals surface area contributed by atoms with Crippen molar-refractivity contribution in [3.8, 4) is 0 Å². The van der Waals surface area contributed by atoms with E-state index in [9.17, 15) is 9.59 Å². The SMILES string of the molecule is Nc1nccnc1C(=O)NCC1(C(=O)O)CC1. The number of aliphatic carboxylic acids is 1. The maximum absolute atomic E-state index is 11.7. The maximum atomic E-state index is 11.7. The van der Waals surface area contributed by atoms with Gasteiger partial charge in [-0.25, -0.2) is 9.97 Å². The highest BCUT2D eigenvalue weighted by Crippen LogP contribution is 2.45. The number of nitrogens with zero attached hydrogens (tertiary/aromatic N) is 2. The van der Waals surface area contributed by atoms with Crippen molar-refractivity contribution in [2.45, 2.75) is 12.8 Å². The first kappa shape index (κ1) is 11.3. The highest BCUT2D eigenvalue weighted by Gasteiger charge is 2.50. The second-order valence-corrected chi connectivity index (χ2v) is 4.06. The number of nitrogens with one attached hydrogen (secondary N) is 1. The molecule has 1 aliphatic carbocycles. The summed E-state index contributed by atoms with van der Waals surface area (Å²) in [7, 11) is 0. The number of nitrogens with two attached hydrogens (primary N) is 1. The molecule has 1 amide bonds. The first-order valence-corrected chi connectivity index (χ1v) is 5.13. The number of anilines is 1. The molecule has 2 rings (SSSR count). The third-order valence-electron chi connectivity index (χ3n) is 2.84. The zero-order valence-corrected chi connectivity index (χ0v) is 9.01.